The molecule has 0 atom stereocenters. The molecule has 2 amide bonds. The fourth-order valence-corrected chi connectivity index (χ4v) is 3.14. The molecule has 1 aliphatic heterocycles. The van der Waals surface area contributed by atoms with E-state index in [0.717, 1.165) is 6.41 Å². The molecule has 1 fully saturated rings. The zero-order valence-electron chi connectivity index (χ0n) is 13.3. The van der Waals surface area contributed by atoms with Gasteiger partial charge in [0, 0.05) is 53.7 Å². The van der Waals surface area contributed by atoms with Gasteiger partial charge in [-0.2, -0.15) is 0 Å². The van der Waals surface area contributed by atoms with Crippen LogP contribution in [0.5, 0.6) is 0 Å². The van der Waals surface area contributed by atoms with Crippen LogP contribution in [0.3, 0.4) is 0 Å². The van der Waals surface area contributed by atoms with Gasteiger partial charge in [0.05, 0.1) is 0 Å². The lowest BCUT2D eigenvalue weighted by Crippen LogP contribution is -2.46. The fourth-order valence-electron chi connectivity index (χ4n) is 2.62. The molecule has 0 bridgehead atoms. The van der Waals surface area contributed by atoms with Gasteiger partial charge in [-0.05, 0) is 30.3 Å². The molecule has 0 unspecified atom stereocenters. The molecule has 1 saturated heterocycles. The van der Waals surface area contributed by atoms with E-state index < -0.39 is 0 Å². The minimum atomic E-state index is -0.270. The summed E-state index contributed by atoms with van der Waals surface area (Å²) in [6.45, 7) is 2.65. The smallest absolute Gasteiger partial charge is 0.255 e. The van der Waals surface area contributed by atoms with Crippen molar-refractivity contribution >= 4 is 47.0 Å². The number of benzene rings is 1. The third-order valence-corrected chi connectivity index (χ3v) is 4.35. The van der Waals surface area contributed by atoms with E-state index in [4.69, 9.17) is 23.2 Å². The standard InChI is InChI=1S/C17H16Cl2N4O2/c18-13-8-14(19)10-15(9-13)21-17(25)12-1-2-20-16(7-12)23-5-3-22(11-24)4-6-23/h1-2,7-11H,3-6H2,(H,21,25). The summed E-state index contributed by atoms with van der Waals surface area (Å²) >= 11 is 11.9. The highest BCUT2D eigenvalue weighted by Gasteiger charge is 2.18. The molecule has 0 aliphatic carbocycles. The summed E-state index contributed by atoms with van der Waals surface area (Å²) in [6.07, 6.45) is 2.45. The topological polar surface area (TPSA) is 65.5 Å². The summed E-state index contributed by atoms with van der Waals surface area (Å²) in [4.78, 5) is 31.4. The number of amides is 2. The number of nitrogens with one attached hydrogen (secondary N) is 1. The zero-order chi connectivity index (χ0) is 17.8. The lowest BCUT2D eigenvalue weighted by atomic mass is 10.2. The Kier molecular flexibility index (Phi) is 5.40. The molecule has 0 saturated carbocycles. The molecule has 0 spiro atoms. The second-order valence-corrected chi connectivity index (χ2v) is 6.52. The minimum Gasteiger partial charge on any atom is -0.353 e. The van der Waals surface area contributed by atoms with Crippen LogP contribution in [-0.2, 0) is 4.79 Å². The summed E-state index contributed by atoms with van der Waals surface area (Å²) in [5.74, 6) is 0.441. The second-order valence-electron chi connectivity index (χ2n) is 5.64. The van der Waals surface area contributed by atoms with E-state index in [2.05, 4.69) is 10.3 Å². The third kappa shape index (κ3) is 4.41. The normalized spacial score (nSPS) is 14.3. The average Bonchev–Trinajstić information content (AvgIpc) is 2.61. The van der Waals surface area contributed by atoms with E-state index in [1.54, 1.807) is 41.4 Å². The molecule has 3 rings (SSSR count). The number of piperazine rings is 1. The number of pyridine rings is 1. The molecule has 2 heterocycles. The SMILES string of the molecule is O=CN1CCN(c2cc(C(=O)Nc3cc(Cl)cc(Cl)c3)ccn2)CC1. The van der Waals surface area contributed by atoms with Gasteiger partial charge >= 0.3 is 0 Å². The highest BCUT2D eigenvalue weighted by molar-refractivity contribution is 6.35. The van der Waals surface area contributed by atoms with Crippen LogP contribution < -0.4 is 10.2 Å². The summed E-state index contributed by atoms with van der Waals surface area (Å²) in [5.41, 5.74) is 1.01. The molecule has 8 heteroatoms. The molecule has 0 radical (unpaired) electrons. The van der Waals surface area contributed by atoms with Crippen LogP contribution in [0.4, 0.5) is 11.5 Å². The summed E-state index contributed by atoms with van der Waals surface area (Å²) in [7, 11) is 0. The molecule has 1 aromatic heterocycles. The van der Waals surface area contributed by atoms with Crippen molar-refractivity contribution in [3.05, 3.63) is 52.1 Å². The maximum atomic E-state index is 12.5. The maximum Gasteiger partial charge on any atom is 0.255 e. The number of hydrogen-bond donors (Lipinski definition) is 1. The first kappa shape index (κ1) is 17.5. The number of aromatic nitrogens is 1. The van der Waals surface area contributed by atoms with Crippen molar-refractivity contribution in [1.29, 1.82) is 0 Å². The molecule has 130 valence electrons. The quantitative estimate of drug-likeness (QED) is 0.830. The number of carbonyl (C=O) groups excluding carboxylic acids is 2. The van der Waals surface area contributed by atoms with Crippen molar-refractivity contribution in [2.24, 2.45) is 0 Å². The van der Waals surface area contributed by atoms with E-state index in [9.17, 15) is 9.59 Å². The number of halogens is 2. The van der Waals surface area contributed by atoms with Gasteiger partial charge in [-0.25, -0.2) is 4.98 Å². The van der Waals surface area contributed by atoms with Crippen LogP contribution in [0.15, 0.2) is 36.5 Å². The van der Waals surface area contributed by atoms with Crippen molar-refractivity contribution in [2.45, 2.75) is 0 Å². The maximum absolute atomic E-state index is 12.5. The molecular formula is C17H16Cl2N4O2. The van der Waals surface area contributed by atoms with Crippen molar-refractivity contribution in [3.63, 3.8) is 0 Å². The van der Waals surface area contributed by atoms with Crippen molar-refractivity contribution < 1.29 is 9.59 Å². The first-order valence-corrected chi connectivity index (χ1v) is 8.48. The first-order valence-electron chi connectivity index (χ1n) is 7.73. The Balaban J connectivity index is 1.72. The van der Waals surface area contributed by atoms with Gasteiger partial charge in [-0.1, -0.05) is 23.2 Å². The van der Waals surface area contributed by atoms with Crippen molar-refractivity contribution in [2.75, 3.05) is 36.4 Å². The molecular weight excluding hydrogens is 363 g/mol. The number of hydrogen-bond acceptors (Lipinski definition) is 4. The Bertz CT molecular complexity index is 772. The summed E-state index contributed by atoms with van der Waals surface area (Å²) in [6, 6.07) is 8.24. The largest absolute Gasteiger partial charge is 0.353 e. The summed E-state index contributed by atoms with van der Waals surface area (Å²) in [5, 5.41) is 3.68. The van der Waals surface area contributed by atoms with Crippen LogP contribution in [0, 0.1) is 0 Å². The van der Waals surface area contributed by atoms with E-state index >= 15 is 0 Å². The van der Waals surface area contributed by atoms with Crippen LogP contribution in [-0.4, -0.2) is 48.4 Å². The number of carbonyl (C=O) groups is 2. The van der Waals surface area contributed by atoms with Gasteiger partial charge in [0.2, 0.25) is 6.41 Å². The van der Waals surface area contributed by atoms with Gasteiger partial charge in [0.15, 0.2) is 0 Å². The molecule has 25 heavy (non-hydrogen) atoms. The van der Waals surface area contributed by atoms with Gasteiger partial charge < -0.3 is 15.1 Å². The van der Waals surface area contributed by atoms with Gasteiger partial charge in [0.25, 0.3) is 5.91 Å². The van der Waals surface area contributed by atoms with Gasteiger partial charge in [0.1, 0.15) is 5.82 Å². The zero-order valence-corrected chi connectivity index (χ0v) is 14.8. The number of rotatable bonds is 4. The van der Waals surface area contributed by atoms with E-state index in [-0.39, 0.29) is 5.91 Å². The second kappa shape index (κ2) is 7.72. The predicted molar refractivity (Wildman–Crippen MR) is 98.5 cm³/mol. The van der Waals surface area contributed by atoms with Gasteiger partial charge in [-0.15, -0.1) is 0 Å². The van der Waals surface area contributed by atoms with Gasteiger partial charge in [-0.3, -0.25) is 9.59 Å². The Morgan fingerprint density at radius 1 is 1.08 bits per heavy atom. The monoisotopic (exact) mass is 378 g/mol. The highest BCUT2D eigenvalue weighted by Crippen LogP contribution is 2.23. The van der Waals surface area contributed by atoms with Crippen LogP contribution in [0.1, 0.15) is 10.4 Å². The third-order valence-electron chi connectivity index (χ3n) is 3.92. The molecule has 2 aromatic rings. The Morgan fingerprint density at radius 3 is 2.40 bits per heavy atom. The van der Waals surface area contributed by atoms with E-state index in [1.807, 2.05) is 4.90 Å². The van der Waals surface area contributed by atoms with Crippen molar-refractivity contribution in [1.82, 2.24) is 9.88 Å². The number of anilines is 2. The van der Waals surface area contributed by atoms with Crippen LogP contribution in [0.2, 0.25) is 10.0 Å². The molecule has 1 N–H and O–H groups in total. The van der Waals surface area contributed by atoms with Crippen molar-refractivity contribution in [3.8, 4) is 0 Å². The summed E-state index contributed by atoms with van der Waals surface area (Å²) < 4.78 is 0. The molecule has 1 aromatic carbocycles. The lowest BCUT2D eigenvalue weighted by molar-refractivity contribution is -0.118. The predicted octanol–water partition coefficient (Wildman–Crippen LogP) is 2.92. The Labute approximate surface area is 155 Å². The van der Waals surface area contributed by atoms with Crippen LogP contribution >= 0.6 is 23.2 Å². The van der Waals surface area contributed by atoms with E-state index in [1.165, 1.54) is 0 Å². The minimum absolute atomic E-state index is 0.270. The lowest BCUT2D eigenvalue weighted by Gasteiger charge is -2.33. The Morgan fingerprint density at radius 2 is 1.76 bits per heavy atom. The molecule has 1 aliphatic rings. The average molecular weight is 379 g/mol. The molecule has 6 nitrogen and oxygen atoms in total. The van der Waals surface area contributed by atoms with Crippen LogP contribution in [0.25, 0.3) is 0 Å². The first-order chi connectivity index (χ1) is 12.0. The van der Waals surface area contributed by atoms with E-state index in [0.29, 0.717) is 53.3 Å². The Hall–Kier alpha value is -2.31. The number of nitrogens with zero attached hydrogens (tertiary/aromatic N) is 3. The fraction of sp³-hybridized carbons (Fsp3) is 0.235. The highest BCUT2D eigenvalue weighted by atomic mass is 35.5.